The molecule has 102 valence electrons. The third-order valence-electron chi connectivity index (χ3n) is 3.89. The summed E-state index contributed by atoms with van der Waals surface area (Å²) in [5.41, 5.74) is 0. The highest BCUT2D eigenvalue weighted by atomic mass is 29.3. The van der Waals surface area contributed by atoms with E-state index in [1.54, 1.807) is 0 Å². The number of rotatable bonds is 5. The summed E-state index contributed by atoms with van der Waals surface area (Å²) in [5.74, 6) is 13.5. The van der Waals surface area contributed by atoms with Gasteiger partial charge in [0.25, 0.3) is 0 Å². The maximum Gasteiger partial charge on any atom is 0.0556 e. The van der Waals surface area contributed by atoms with E-state index in [1.807, 2.05) is 0 Å². The molecule has 0 nitrogen and oxygen atoms in total. The minimum Gasteiger partial charge on any atom is -0.107 e. The molecule has 18 heavy (non-hydrogen) atoms. The largest absolute Gasteiger partial charge is 0.107 e. The summed E-state index contributed by atoms with van der Waals surface area (Å²) >= 11 is 0. The average Bonchev–Trinajstić information content (AvgIpc) is 2.30. The van der Waals surface area contributed by atoms with Crippen LogP contribution in [0.25, 0.3) is 0 Å². The molecule has 0 bridgehead atoms. The summed E-state index contributed by atoms with van der Waals surface area (Å²) in [5, 5.41) is 0. The molecule has 0 aliphatic heterocycles. The van der Waals surface area contributed by atoms with Crippen LogP contribution in [0.15, 0.2) is 0 Å². The van der Waals surface area contributed by atoms with Crippen molar-refractivity contribution in [3.63, 3.8) is 0 Å². The highest BCUT2D eigenvalue weighted by Gasteiger charge is 2.39. The lowest BCUT2D eigenvalue weighted by molar-refractivity contribution is 0.982. The van der Waals surface area contributed by atoms with Crippen molar-refractivity contribution in [2.75, 3.05) is 0 Å². The van der Waals surface area contributed by atoms with E-state index < -0.39 is 15.2 Å². The Kier molecular flexibility index (Phi) is 8.41. The molecule has 0 N–H and O–H groups in total. The molecule has 0 aromatic carbocycles. The molecule has 0 fully saturated rings. The Balaban J connectivity index is 4.47. The Hall–Kier alpha value is -0.446. The van der Waals surface area contributed by atoms with Gasteiger partial charge >= 0.3 is 0 Å². The second-order valence-electron chi connectivity index (χ2n) is 6.33. The van der Waals surface area contributed by atoms with Gasteiger partial charge in [0.15, 0.2) is 0 Å². The molecule has 0 unspecified atom stereocenters. The van der Waals surface area contributed by atoms with Gasteiger partial charge in [-0.3, -0.25) is 0 Å². The zero-order valence-electron chi connectivity index (χ0n) is 13.2. The smallest absolute Gasteiger partial charge is 0.0556 e. The third-order valence-corrected chi connectivity index (χ3v) is 21.7. The van der Waals surface area contributed by atoms with Crippen molar-refractivity contribution in [1.29, 1.82) is 0 Å². The van der Waals surface area contributed by atoms with Gasteiger partial charge in [-0.05, 0) is 12.8 Å². The molecule has 0 rings (SSSR count). The highest BCUT2D eigenvalue weighted by molar-refractivity contribution is 7.41. The zero-order chi connectivity index (χ0) is 14.1. The van der Waals surface area contributed by atoms with Crippen molar-refractivity contribution in [2.24, 2.45) is 0 Å². The lowest BCUT2D eigenvalue weighted by atomic mass is 10.3. The van der Waals surface area contributed by atoms with Crippen molar-refractivity contribution in [1.82, 2.24) is 0 Å². The van der Waals surface area contributed by atoms with Gasteiger partial charge in [-0.15, -0.1) is 23.7 Å². The summed E-state index contributed by atoms with van der Waals surface area (Å²) in [4.78, 5) is 0. The van der Waals surface area contributed by atoms with Crippen LogP contribution < -0.4 is 0 Å². The predicted octanol–water partition coefficient (Wildman–Crippen LogP) is 5.09. The quantitative estimate of drug-likeness (QED) is 0.485. The van der Waals surface area contributed by atoms with E-state index in [2.05, 4.69) is 63.7 Å². The second kappa shape index (κ2) is 8.62. The molecule has 0 radical (unpaired) electrons. The lowest BCUT2D eigenvalue weighted by Crippen LogP contribution is -2.54. The fourth-order valence-electron chi connectivity index (χ4n) is 1.47. The van der Waals surface area contributed by atoms with E-state index in [1.165, 1.54) is 24.9 Å². The van der Waals surface area contributed by atoms with Gasteiger partial charge in [0.2, 0.25) is 0 Å². The molecule has 0 aromatic rings. The first kappa shape index (κ1) is 17.6. The number of hydrogen-bond donors (Lipinski definition) is 0. The van der Waals surface area contributed by atoms with Crippen LogP contribution in [0, 0.1) is 23.7 Å². The van der Waals surface area contributed by atoms with Gasteiger partial charge in [0, 0.05) is 24.9 Å². The number of hydrogen-bond acceptors (Lipinski definition) is 0. The van der Waals surface area contributed by atoms with Crippen LogP contribution in [0.5, 0.6) is 0 Å². The van der Waals surface area contributed by atoms with E-state index in [9.17, 15) is 0 Å². The van der Waals surface area contributed by atoms with Crippen molar-refractivity contribution < 1.29 is 0 Å². The molecular weight excluding hydrogens is 248 g/mol. The van der Waals surface area contributed by atoms with Gasteiger partial charge in [0.1, 0.15) is 0 Å². The Bertz CT molecular complexity index is 309. The first-order chi connectivity index (χ1) is 8.37. The van der Waals surface area contributed by atoms with Gasteiger partial charge in [-0.2, -0.15) is 0 Å². The molecule has 0 amide bonds. The van der Waals surface area contributed by atoms with Crippen LogP contribution in [0.4, 0.5) is 0 Å². The minimum atomic E-state index is -1.18. The summed E-state index contributed by atoms with van der Waals surface area (Å²) in [6, 6.07) is 2.34. The molecule has 2 heteroatoms. The molecule has 0 saturated carbocycles. The molecule has 0 saturated heterocycles. The molecule has 0 atom stereocenters. The molecule has 0 spiro atoms. The Morgan fingerprint density at radius 3 is 1.22 bits per heavy atom. The Morgan fingerprint density at radius 2 is 0.944 bits per heavy atom. The fraction of sp³-hybridized carbons (Fsp3) is 0.750. The van der Waals surface area contributed by atoms with E-state index in [0.29, 0.717) is 0 Å². The van der Waals surface area contributed by atoms with E-state index in [0.717, 1.165) is 12.8 Å². The minimum absolute atomic E-state index is 1.06. The first-order valence-electron chi connectivity index (χ1n) is 7.29. The summed E-state index contributed by atoms with van der Waals surface area (Å²) in [6.45, 7) is 14.4. The van der Waals surface area contributed by atoms with Crippen LogP contribution in [0.3, 0.4) is 0 Å². The third kappa shape index (κ3) is 6.48. The second-order valence-corrected chi connectivity index (χ2v) is 22.7. The van der Waals surface area contributed by atoms with Crippen molar-refractivity contribution in [3.05, 3.63) is 0 Å². The van der Waals surface area contributed by atoms with Crippen molar-refractivity contribution in [3.8, 4) is 23.7 Å². The molecule has 0 aliphatic rings. The summed E-state index contributed by atoms with van der Waals surface area (Å²) in [7, 11) is -2.36. The maximum absolute atomic E-state index is 3.43. The summed E-state index contributed by atoms with van der Waals surface area (Å²) in [6.07, 6.45) is 4.47. The fourth-order valence-corrected chi connectivity index (χ4v) is 6.96. The normalized spacial score (nSPS) is 11.2. The molecular formula is C16H30Si2. The number of unbranched alkanes of at least 4 members (excludes halogenated alkanes) is 2. The van der Waals surface area contributed by atoms with Gasteiger partial charge in [-0.1, -0.05) is 40.0 Å². The predicted molar refractivity (Wildman–Crippen MR) is 89.9 cm³/mol. The van der Waals surface area contributed by atoms with Crippen LogP contribution >= 0.6 is 0 Å². The molecule has 0 aromatic heterocycles. The lowest BCUT2D eigenvalue weighted by Gasteiger charge is -2.35. The summed E-state index contributed by atoms with van der Waals surface area (Å²) < 4.78 is 0. The van der Waals surface area contributed by atoms with Crippen molar-refractivity contribution >= 4 is 15.2 Å². The molecule has 0 heterocycles. The maximum atomic E-state index is 3.43. The first-order valence-corrected chi connectivity index (χ1v) is 14.7. The Labute approximate surface area is 117 Å². The SMILES string of the molecule is CCCC#CC[Si](C)(C)[Si](C)(C)CC#CCCC. The van der Waals surface area contributed by atoms with Crippen LogP contribution in [0.2, 0.25) is 38.3 Å². The standard InChI is InChI=1S/C16H30Si2/c1-7-9-11-13-15-17(3,4)18(5,6)16-14-12-10-8-2/h7-10,15-16H2,1-6H3. The van der Waals surface area contributed by atoms with Gasteiger partial charge in [-0.25, -0.2) is 0 Å². The monoisotopic (exact) mass is 278 g/mol. The van der Waals surface area contributed by atoms with Gasteiger partial charge < -0.3 is 0 Å². The van der Waals surface area contributed by atoms with E-state index >= 15 is 0 Å². The average molecular weight is 279 g/mol. The van der Waals surface area contributed by atoms with Crippen LogP contribution in [-0.2, 0) is 0 Å². The Morgan fingerprint density at radius 1 is 0.611 bits per heavy atom. The van der Waals surface area contributed by atoms with Crippen LogP contribution in [-0.4, -0.2) is 15.2 Å². The van der Waals surface area contributed by atoms with Crippen molar-refractivity contribution in [2.45, 2.75) is 77.8 Å². The highest BCUT2D eigenvalue weighted by Crippen LogP contribution is 2.26. The van der Waals surface area contributed by atoms with Gasteiger partial charge in [0.05, 0.1) is 15.2 Å². The van der Waals surface area contributed by atoms with Crippen LogP contribution in [0.1, 0.15) is 39.5 Å². The topological polar surface area (TPSA) is 0 Å². The molecule has 0 aliphatic carbocycles. The van der Waals surface area contributed by atoms with E-state index in [-0.39, 0.29) is 0 Å². The zero-order valence-corrected chi connectivity index (χ0v) is 15.2. The van der Waals surface area contributed by atoms with E-state index in [4.69, 9.17) is 0 Å².